The van der Waals surface area contributed by atoms with Crippen molar-refractivity contribution in [1.82, 2.24) is 5.32 Å². The highest BCUT2D eigenvalue weighted by Gasteiger charge is 2.32. The summed E-state index contributed by atoms with van der Waals surface area (Å²) in [5, 5.41) is 2.63. The molecule has 5 nitrogen and oxygen atoms in total. The van der Waals surface area contributed by atoms with Crippen LogP contribution >= 0.6 is 11.6 Å². The molecule has 0 aliphatic rings. The Morgan fingerprint density at radius 3 is 2.37 bits per heavy atom. The number of hydrogen-bond acceptors (Lipinski definition) is 3. The van der Waals surface area contributed by atoms with Gasteiger partial charge < -0.3 is 5.32 Å². The van der Waals surface area contributed by atoms with E-state index in [-0.39, 0.29) is 23.2 Å². The number of nitrogens with zero attached hydrogens (tertiary/aromatic N) is 1. The average molecular weight is 413 g/mol. The second kappa shape index (κ2) is 8.71. The fourth-order valence-corrected chi connectivity index (χ4v) is 4.20. The van der Waals surface area contributed by atoms with E-state index < -0.39 is 27.8 Å². The number of amides is 1. The standard InChI is InChI=1S/C19H22ClFN2O3S/c1-4-18(19(24)22-13(2)14-8-6-5-7-9-14)23(27(3,25)26)15-10-11-17(21)16(20)12-15/h5-13,18H,4H2,1-3H3,(H,22,24)/t13-,18+/m1/s1. The maximum absolute atomic E-state index is 13.5. The Morgan fingerprint density at radius 2 is 1.85 bits per heavy atom. The van der Waals surface area contributed by atoms with Gasteiger partial charge in [0.25, 0.3) is 0 Å². The summed E-state index contributed by atoms with van der Waals surface area (Å²) >= 11 is 5.80. The monoisotopic (exact) mass is 412 g/mol. The number of carbonyl (C=O) groups is 1. The van der Waals surface area contributed by atoms with Gasteiger partial charge in [-0.2, -0.15) is 0 Å². The lowest BCUT2D eigenvalue weighted by Gasteiger charge is -2.31. The minimum absolute atomic E-state index is 0.137. The van der Waals surface area contributed by atoms with Crippen LogP contribution in [0.5, 0.6) is 0 Å². The molecule has 2 aromatic carbocycles. The number of sulfonamides is 1. The van der Waals surface area contributed by atoms with E-state index in [2.05, 4.69) is 5.32 Å². The summed E-state index contributed by atoms with van der Waals surface area (Å²) in [6.07, 6.45) is 1.23. The molecule has 0 aliphatic carbocycles. The number of rotatable bonds is 7. The molecule has 1 N–H and O–H groups in total. The SMILES string of the molecule is CC[C@@H](C(=O)N[C@H](C)c1ccccc1)N(c1ccc(F)c(Cl)c1)S(C)(=O)=O. The molecule has 146 valence electrons. The van der Waals surface area contributed by atoms with E-state index in [0.717, 1.165) is 22.2 Å². The van der Waals surface area contributed by atoms with Gasteiger partial charge in [-0.25, -0.2) is 12.8 Å². The third kappa shape index (κ3) is 5.20. The quantitative estimate of drug-likeness (QED) is 0.749. The van der Waals surface area contributed by atoms with Gasteiger partial charge in [0, 0.05) is 0 Å². The molecule has 0 aliphatic heterocycles. The van der Waals surface area contributed by atoms with Crippen LogP contribution in [-0.4, -0.2) is 26.6 Å². The molecule has 0 saturated heterocycles. The van der Waals surface area contributed by atoms with Crippen molar-refractivity contribution in [2.75, 3.05) is 10.6 Å². The van der Waals surface area contributed by atoms with E-state index >= 15 is 0 Å². The molecular formula is C19H22ClFN2O3S. The molecule has 0 bridgehead atoms. The molecule has 0 aromatic heterocycles. The van der Waals surface area contributed by atoms with Gasteiger partial charge in [-0.3, -0.25) is 9.10 Å². The van der Waals surface area contributed by atoms with Crippen LogP contribution in [0.2, 0.25) is 5.02 Å². The first-order valence-electron chi connectivity index (χ1n) is 8.45. The van der Waals surface area contributed by atoms with Gasteiger partial charge in [0.1, 0.15) is 11.9 Å². The zero-order chi connectivity index (χ0) is 20.2. The molecule has 2 rings (SSSR count). The first-order valence-corrected chi connectivity index (χ1v) is 10.7. The Bertz CT molecular complexity index is 906. The molecule has 27 heavy (non-hydrogen) atoms. The second-order valence-electron chi connectivity index (χ2n) is 6.22. The van der Waals surface area contributed by atoms with E-state index in [1.807, 2.05) is 37.3 Å². The summed E-state index contributed by atoms with van der Waals surface area (Å²) in [6, 6.07) is 11.6. The summed E-state index contributed by atoms with van der Waals surface area (Å²) in [7, 11) is -3.81. The minimum Gasteiger partial charge on any atom is -0.348 e. The fraction of sp³-hybridized carbons (Fsp3) is 0.316. The lowest BCUT2D eigenvalue weighted by atomic mass is 10.1. The van der Waals surface area contributed by atoms with Crippen molar-refractivity contribution >= 4 is 33.2 Å². The first kappa shape index (κ1) is 21.2. The summed E-state index contributed by atoms with van der Waals surface area (Å²) in [5.74, 6) is -1.11. The second-order valence-corrected chi connectivity index (χ2v) is 8.49. The van der Waals surface area contributed by atoms with Crippen LogP contribution in [0.3, 0.4) is 0 Å². The van der Waals surface area contributed by atoms with Crippen LogP contribution in [0.15, 0.2) is 48.5 Å². The van der Waals surface area contributed by atoms with Crippen LogP contribution < -0.4 is 9.62 Å². The van der Waals surface area contributed by atoms with Crippen molar-refractivity contribution in [3.05, 3.63) is 64.9 Å². The Hall–Kier alpha value is -2.12. The number of carbonyl (C=O) groups excluding carboxylic acids is 1. The predicted molar refractivity (Wildman–Crippen MR) is 106 cm³/mol. The van der Waals surface area contributed by atoms with E-state index in [0.29, 0.717) is 0 Å². The Morgan fingerprint density at radius 1 is 1.22 bits per heavy atom. The molecule has 0 unspecified atom stereocenters. The van der Waals surface area contributed by atoms with Crippen molar-refractivity contribution in [3.63, 3.8) is 0 Å². The zero-order valence-corrected chi connectivity index (χ0v) is 16.9. The largest absolute Gasteiger partial charge is 0.348 e. The molecule has 0 spiro atoms. The van der Waals surface area contributed by atoms with E-state index in [9.17, 15) is 17.6 Å². The van der Waals surface area contributed by atoms with Crippen LogP contribution in [0.25, 0.3) is 0 Å². The zero-order valence-electron chi connectivity index (χ0n) is 15.3. The van der Waals surface area contributed by atoms with Crippen LogP contribution in [0.4, 0.5) is 10.1 Å². The first-order chi connectivity index (χ1) is 12.6. The van der Waals surface area contributed by atoms with Gasteiger partial charge in [-0.1, -0.05) is 48.9 Å². The maximum atomic E-state index is 13.5. The van der Waals surface area contributed by atoms with Crippen molar-refractivity contribution < 1.29 is 17.6 Å². The highest BCUT2D eigenvalue weighted by molar-refractivity contribution is 7.92. The Kier molecular flexibility index (Phi) is 6.84. The molecule has 1 amide bonds. The lowest BCUT2D eigenvalue weighted by Crippen LogP contribution is -2.49. The molecule has 0 fully saturated rings. The molecule has 2 aromatic rings. The topological polar surface area (TPSA) is 66.5 Å². The number of halogens is 2. The fourth-order valence-electron chi connectivity index (χ4n) is 2.82. The van der Waals surface area contributed by atoms with Crippen molar-refractivity contribution in [3.8, 4) is 0 Å². The van der Waals surface area contributed by atoms with Crippen molar-refractivity contribution in [2.45, 2.75) is 32.4 Å². The van der Waals surface area contributed by atoms with Gasteiger partial charge >= 0.3 is 0 Å². The summed E-state index contributed by atoms with van der Waals surface area (Å²) in [5.41, 5.74) is 1.04. The number of benzene rings is 2. The maximum Gasteiger partial charge on any atom is 0.244 e. The van der Waals surface area contributed by atoms with Gasteiger partial charge in [0.2, 0.25) is 15.9 Å². The smallest absolute Gasteiger partial charge is 0.244 e. The van der Waals surface area contributed by atoms with E-state index in [1.54, 1.807) is 6.92 Å². The number of nitrogens with one attached hydrogen (secondary N) is 1. The third-order valence-corrected chi connectivity index (χ3v) is 5.62. The highest BCUT2D eigenvalue weighted by atomic mass is 35.5. The number of hydrogen-bond donors (Lipinski definition) is 1. The van der Waals surface area contributed by atoms with Crippen LogP contribution in [0, 0.1) is 5.82 Å². The normalized spacial score (nSPS) is 13.7. The third-order valence-electron chi connectivity index (χ3n) is 4.15. The predicted octanol–water partition coefficient (Wildman–Crippen LogP) is 3.90. The highest BCUT2D eigenvalue weighted by Crippen LogP contribution is 2.27. The Labute approximate surface area is 164 Å². The van der Waals surface area contributed by atoms with Crippen LogP contribution in [0.1, 0.15) is 31.9 Å². The average Bonchev–Trinajstić information content (AvgIpc) is 2.61. The molecule has 8 heteroatoms. The van der Waals surface area contributed by atoms with Gasteiger partial charge in [-0.15, -0.1) is 0 Å². The molecule has 0 heterocycles. The van der Waals surface area contributed by atoms with Gasteiger partial charge in [-0.05, 0) is 37.1 Å². The van der Waals surface area contributed by atoms with E-state index in [4.69, 9.17) is 11.6 Å². The van der Waals surface area contributed by atoms with E-state index in [1.165, 1.54) is 12.1 Å². The lowest BCUT2D eigenvalue weighted by molar-refractivity contribution is -0.122. The number of anilines is 1. The van der Waals surface area contributed by atoms with Gasteiger partial charge in [0.05, 0.1) is 23.0 Å². The molecular weight excluding hydrogens is 391 g/mol. The summed E-state index contributed by atoms with van der Waals surface area (Å²) in [4.78, 5) is 12.8. The molecule has 0 radical (unpaired) electrons. The molecule has 2 atom stereocenters. The van der Waals surface area contributed by atoms with Crippen LogP contribution in [-0.2, 0) is 14.8 Å². The summed E-state index contributed by atoms with van der Waals surface area (Å²) < 4.78 is 39.3. The molecule has 0 saturated carbocycles. The Balaban J connectivity index is 2.34. The van der Waals surface area contributed by atoms with Crippen molar-refractivity contribution in [2.24, 2.45) is 0 Å². The van der Waals surface area contributed by atoms with Crippen molar-refractivity contribution in [1.29, 1.82) is 0 Å². The summed E-state index contributed by atoms with van der Waals surface area (Å²) in [6.45, 7) is 3.53. The van der Waals surface area contributed by atoms with Gasteiger partial charge in [0.15, 0.2) is 0 Å². The minimum atomic E-state index is -3.81.